The van der Waals surface area contributed by atoms with Gasteiger partial charge in [-0.3, -0.25) is 23.7 Å². The van der Waals surface area contributed by atoms with Gasteiger partial charge < -0.3 is 9.26 Å². The lowest BCUT2D eigenvalue weighted by Gasteiger charge is -2.17. The van der Waals surface area contributed by atoms with Gasteiger partial charge in [0.1, 0.15) is 6.04 Å². The number of nitrogens with zero attached hydrogens (tertiary/aromatic N) is 1. The van der Waals surface area contributed by atoms with Gasteiger partial charge in [0.15, 0.2) is 0 Å². The van der Waals surface area contributed by atoms with Crippen LogP contribution in [0.3, 0.4) is 0 Å². The normalized spacial score (nSPS) is 24.7. The second-order valence-corrected chi connectivity index (χ2v) is 9.40. The van der Waals surface area contributed by atoms with E-state index >= 15 is 0 Å². The van der Waals surface area contributed by atoms with Gasteiger partial charge in [0, 0.05) is 17.5 Å². The van der Waals surface area contributed by atoms with Crippen LogP contribution in [0, 0.1) is 5.92 Å². The molecule has 2 rings (SSSR count). The van der Waals surface area contributed by atoms with E-state index in [4.69, 9.17) is 9.26 Å². The fraction of sp³-hybridized carbons (Fsp3) is 0.688. The molecule has 0 bridgehead atoms. The third kappa shape index (κ3) is 6.34. The molecule has 27 heavy (non-hydrogen) atoms. The maximum Gasteiger partial charge on any atom is 0.329 e. The van der Waals surface area contributed by atoms with E-state index in [1.807, 2.05) is 6.92 Å². The lowest BCUT2D eigenvalue weighted by atomic mass is 10.1. The highest BCUT2D eigenvalue weighted by Crippen LogP contribution is 2.45. The Kier molecular flexibility index (Phi) is 7.91. The molecule has 1 saturated heterocycles. The summed E-state index contributed by atoms with van der Waals surface area (Å²) < 4.78 is 24.0. The van der Waals surface area contributed by atoms with Crippen molar-refractivity contribution in [2.75, 3.05) is 6.61 Å². The largest absolute Gasteiger partial charge is 0.462 e. The molecule has 0 amide bonds. The minimum absolute atomic E-state index is 0.0532. The Morgan fingerprint density at radius 2 is 2.15 bits per heavy atom. The third-order valence-electron chi connectivity index (χ3n) is 4.02. The molecular formula is C16H26N3O6PS. The highest BCUT2D eigenvalue weighted by molar-refractivity contribution is 8.00. The number of carbonyl (C=O) groups excluding carboxylic acids is 1. The molecule has 0 aliphatic carbocycles. The topological polar surface area (TPSA) is 119 Å². The fourth-order valence-corrected chi connectivity index (χ4v) is 5.43. The van der Waals surface area contributed by atoms with Crippen LogP contribution in [0.2, 0.25) is 0 Å². The Labute approximate surface area is 162 Å². The first kappa shape index (κ1) is 21.9. The summed E-state index contributed by atoms with van der Waals surface area (Å²) in [4.78, 5) is 37.2. The monoisotopic (exact) mass is 419 g/mol. The third-order valence-corrected chi connectivity index (χ3v) is 6.80. The standard InChI is InChI=1S/C16H26N3O6PS/c1-9(2)25-15(21)11(4)18-26(23)24-8-12-7-10(3)14(27-12)19-6-5-13(20)17-16(19)22/h5-6,9-12,14,26H,7-8H2,1-4H3,(H,18,23)(H,17,20,22)/t10-,11-,12-,14+/m0/s1. The van der Waals surface area contributed by atoms with E-state index in [2.05, 4.69) is 10.1 Å². The van der Waals surface area contributed by atoms with E-state index in [0.29, 0.717) is 0 Å². The maximum atomic E-state index is 12.1. The molecule has 1 unspecified atom stereocenters. The zero-order chi connectivity index (χ0) is 20.1. The molecule has 1 aromatic heterocycles. The average molecular weight is 419 g/mol. The smallest absolute Gasteiger partial charge is 0.329 e. The number of nitrogens with one attached hydrogen (secondary N) is 2. The van der Waals surface area contributed by atoms with E-state index < -0.39 is 31.4 Å². The van der Waals surface area contributed by atoms with Crippen molar-refractivity contribution in [3.05, 3.63) is 33.1 Å². The Hall–Kier alpha value is -1.35. The summed E-state index contributed by atoms with van der Waals surface area (Å²) in [5, 5.41) is 2.55. The molecule has 0 spiro atoms. The van der Waals surface area contributed by atoms with E-state index in [9.17, 15) is 18.9 Å². The number of aromatic nitrogens is 2. The minimum atomic E-state index is -2.60. The summed E-state index contributed by atoms with van der Waals surface area (Å²) in [6, 6.07) is 0.597. The van der Waals surface area contributed by atoms with Crippen LogP contribution in [-0.4, -0.2) is 39.5 Å². The van der Waals surface area contributed by atoms with Crippen molar-refractivity contribution in [1.82, 2.24) is 14.6 Å². The number of ether oxygens (including phenoxy) is 1. The summed E-state index contributed by atoms with van der Waals surface area (Å²) in [5.74, 6) is -0.296. The number of H-pyrrole nitrogens is 1. The SMILES string of the molecule is CC(C)OC(=O)[C@H](C)N[PH](=O)OC[C@@H]1C[C@H](C)[C@H](n2ccc(=O)[nH]c2=O)S1. The van der Waals surface area contributed by atoms with Gasteiger partial charge in [-0.15, -0.1) is 11.8 Å². The maximum absolute atomic E-state index is 12.1. The molecular weight excluding hydrogens is 393 g/mol. The summed E-state index contributed by atoms with van der Waals surface area (Å²) in [6.45, 7) is 7.31. The molecule has 11 heteroatoms. The molecule has 0 aromatic carbocycles. The summed E-state index contributed by atoms with van der Waals surface area (Å²) in [7, 11) is -2.60. The fourth-order valence-electron chi connectivity index (χ4n) is 2.77. The number of esters is 1. The number of carbonyl (C=O) groups is 1. The first-order valence-electron chi connectivity index (χ1n) is 8.78. The van der Waals surface area contributed by atoms with Crippen LogP contribution in [0.15, 0.2) is 21.9 Å². The zero-order valence-corrected chi connectivity index (χ0v) is 17.6. The van der Waals surface area contributed by atoms with E-state index in [-0.39, 0.29) is 29.3 Å². The second kappa shape index (κ2) is 9.73. The Morgan fingerprint density at radius 1 is 1.44 bits per heavy atom. The zero-order valence-electron chi connectivity index (χ0n) is 15.8. The van der Waals surface area contributed by atoms with E-state index in [0.717, 1.165) is 6.42 Å². The summed E-state index contributed by atoms with van der Waals surface area (Å²) in [6.07, 6.45) is 2.03. The highest BCUT2D eigenvalue weighted by atomic mass is 32.2. The average Bonchev–Trinajstić information content (AvgIpc) is 2.93. The van der Waals surface area contributed by atoms with Crippen LogP contribution in [0.5, 0.6) is 0 Å². The minimum Gasteiger partial charge on any atom is -0.462 e. The first-order valence-corrected chi connectivity index (χ1v) is 11.0. The predicted octanol–water partition coefficient (Wildman–Crippen LogP) is 1.51. The Morgan fingerprint density at radius 3 is 2.78 bits per heavy atom. The van der Waals surface area contributed by atoms with Crippen molar-refractivity contribution >= 4 is 25.9 Å². The van der Waals surface area contributed by atoms with Crippen LogP contribution >= 0.6 is 19.9 Å². The molecule has 9 nitrogen and oxygen atoms in total. The van der Waals surface area contributed by atoms with Crippen LogP contribution in [0.1, 0.15) is 39.5 Å². The lowest BCUT2D eigenvalue weighted by Crippen LogP contribution is -2.33. The van der Waals surface area contributed by atoms with Crippen molar-refractivity contribution < 1.29 is 18.6 Å². The summed E-state index contributed by atoms with van der Waals surface area (Å²) >= 11 is 1.54. The van der Waals surface area contributed by atoms with Crippen molar-refractivity contribution in [3.63, 3.8) is 0 Å². The molecule has 1 aliphatic rings. The predicted molar refractivity (Wildman–Crippen MR) is 104 cm³/mol. The van der Waals surface area contributed by atoms with Gasteiger partial charge in [-0.1, -0.05) is 6.92 Å². The lowest BCUT2D eigenvalue weighted by molar-refractivity contribution is -0.149. The van der Waals surface area contributed by atoms with Crippen molar-refractivity contribution in [3.8, 4) is 0 Å². The molecule has 1 aromatic rings. The van der Waals surface area contributed by atoms with Gasteiger partial charge in [-0.05, 0) is 33.1 Å². The van der Waals surface area contributed by atoms with Crippen LogP contribution in [0.4, 0.5) is 0 Å². The number of thioether (sulfide) groups is 1. The molecule has 1 aliphatic heterocycles. The summed E-state index contributed by atoms with van der Waals surface area (Å²) in [5.41, 5.74) is -0.872. The number of hydrogen-bond donors (Lipinski definition) is 2. The van der Waals surface area contributed by atoms with Crippen LogP contribution < -0.4 is 16.3 Å². The van der Waals surface area contributed by atoms with Crippen LogP contribution in [-0.2, 0) is 18.6 Å². The molecule has 0 radical (unpaired) electrons. The number of hydrogen-bond acceptors (Lipinski definition) is 7. The van der Waals surface area contributed by atoms with Crippen molar-refractivity contribution in [1.29, 1.82) is 0 Å². The van der Waals surface area contributed by atoms with Crippen LogP contribution in [0.25, 0.3) is 0 Å². The second-order valence-electron chi connectivity index (χ2n) is 6.83. The van der Waals surface area contributed by atoms with E-state index in [1.54, 1.807) is 32.5 Å². The number of rotatable bonds is 8. The Balaban J connectivity index is 1.85. The van der Waals surface area contributed by atoms with Gasteiger partial charge in [0.25, 0.3) is 13.7 Å². The molecule has 2 N–H and O–H groups in total. The van der Waals surface area contributed by atoms with Gasteiger partial charge in [-0.25, -0.2) is 9.88 Å². The number of aromatic amines is 1. The molecule has 1 fully saturated rings. The van der Waals surface area contributed by atoms with Crippen molar-refractivity contribution in [2.24, 2.45) is 5.92 Å². The van der Waals surface area contributed by atoms with E-state index in [1.165, 1.54) is 16.8 Å². The molecule has 0 saturated carbocycles. The molecule has 152 valence electrons. The highest BCUT2D eigenvalue weighted by Gasteiger charge is 2.34. The van der Waals surface area contributed by atoms with Gasteiger partial charge in [-0.2, -0.15) is 0 Å². The van der Waals surface area contributed by atoms with Gasteiger partial charge >= 0.3 is 11.7 Å². The quantitative estimate of drug-likeness (QED) is 0.481. The molecule has 2 heterocycles. The van der Waals surface area contributed by atoms with Gasteiger partial charge in [0.2, 0.25) is 0 Å². The first-order chi connectivity index (χ1) is 12.7. The molecule has 5 atom stereocenters. The Bertz CT molecular complexity index is 795. The van der Waals surface area contributed by atoms with Crippen molar-refractivity contribution in [2.45, 2.75) is 56.9 Å². The van der Waals surface area contributed by atoms with Gasteiger partial charge in [0.05, 0.1) is 18.1 Å².